The van der Waals surface area contributed by atoms with Gasteiger partial charge in [-0.15, -0.1) is 0 Å². The Hall–Kier alpha value is -0.146. The maximum Gasteiger partial charge on any atom is 0.193 e. The van der Waals surface area contributed by atoms with Crippen LogP contribution >= 0.6 is 0 Å². The average molecular weight is 403 g/mol. The predicted octanol–water partition coefficient (Wildman–Crippen LogP) is 5.45. The smallest absolute Gasteiger partial charge is 0.193 e. The summed E-state index contributed by atoms with van der Waals surface area (Å²) in [6.07, 6.45) is 3.07. The van der Waals surface area contributed by atoms with Gasteiger partial charge >= 0.3 is 0 Å². The third-order valence-corrected chi connectivity index (χ3v) is 16.0. The van der Waals surface area contributed by atoms with Gasteiger partial charge in [0.1, 0.15) is 11.2 Å². The van der Waals surface area contributed by atoms with Gasteiger partial charge < -0.3 is 18.7 Å². The van der Waals surface area contributed by atoms with Gasteiger partial charge in [-0.1, -0.05) is 41.5 Å². The number of hydrogen-bond donors (Lipinski definition) is 1. The van der Waals surface area contributed by atoms with Crippen LogP contribution in [0.15, 0.2) is 12.3 Å². The maximum absolute atomic E-state index is 11.4. The van der Waals surface area contributed by atoms with E-state index in [4.69, 9.17) is 13.6 Å². The average Bonchev–Trinajstić information content (AvgIpc) is 2.37. The Labute approximate surface area is 163 Å². The second-order valence-electron chi connectivity index (χ2n) is 11.1. The zero-order chi connectivity index (χ0) is 20.8. The summed E-state index contributed by atoms with van der Waals surface area (Å²) in [5.74, 6) is 0. The standard InChI is InChI=1S/C20H42O4Si2/c1-17(2,3)25(9,10)23-15-16-20(8,21)19(7,13-14-22-16)24-26(11,12)18(4,5)6/h13-14,16,21H,15H2,1-12H3/t16?,19-,20-/m1/s1. The monoisotopic (exact) mass is 402 g/mol. The normalized spacial score (nSPS) is 31.0. The lowest BCUT2D eigenvalue weighted by molar-refractivity contribution is -0.180. The highest BCUT2D eigenvalue weighted by Crippen LogP contribution is 2.45. The van der Waals surface area contributed by atoms with E-state index in [2.05, 4.69) is 67.7 Å². The minimum absolute atomic E-state index is 0.0609. The quantitative estimate of drug-likeness (QED) is 0.621. The molecule has 3 atom stereocenters. The molecule has 0 aliphatic carbocycles. The third kappa shape index (κ3) is 4.63. The Morgan fingerprint density at radius 3 is 1.85 bits per heavy atom. The Balaban J connectivity index is 3.04. The SMILES string of the molecule is CC(C)(C)[Si](C)(C)OCC1OC=C[C@@](C)(O[Si](C)(C)C(C)(C)C)[C@]1(C)O. The molecule has 0 aromatic rings. The fourth-order valence-electron chi connectivity index (χ4n) is 2.41. The molecule has 0 saturated carbocycles. The summed E-state index contributed by atoms with van der Waals surface area (Å²) < 4.78 is 18.8. The second-order valence-corrected chi connectivity index (χ2v) is 20.6. The molecule has 0 spiro atoms. The van der Waals surface area contributed by atoms with Crippen LogP contribution in [0, 0.1) is 0 Å². The Kier molecular flexibility index (Phi) is 6.46. The zero-order valence-electron chi connectivity index (χ0n) is 19.1. The molecule has 6 heteroatoms. The van der Waals surface area contributed by atoms with Crippen LogP contribution in [0.3, 0.4) is 0 Å². The van der Waals surface area contributed by atoms with Crippen LogP contribution in [-0.2, 0) is 13.6 Å². The molecule has 1 rings (SSSR count). The summed E-state index contributed by atoms with van der Waals surface area (Å²) in [6, 6.07) is 0. The van der Waals surface area contributed by atoms with Crippen LogP contribution in [0.4, 0.5) is 0 Å². The van der Waals surface area contributed by atoms with Crippen molar-refractivity contribution in [2.24, 2.45) is 0 Å². The Bertz CT molecular complexity index is 527. The molecule has 1 unspecified atom stereocenters. The second kappa shape index (κ2) is 7.03. The van der Waals surface area contributed by atoms with Crippen molar-refractivity contribution in [1.82, 2.24) is 0 Å². The van der Waals surface area contributed by atoms with Crippen LogP contribution in [0.1, 0.15) is 55.4 Å². The van der Waals surface area contributed by atoms with Gasteiger partial charge in [0.25, 0.3) is 0 Å². The highest BCUT2D eigenvalue weighted by molar-refractivity contribution is 6.74. The van der Waals surface area contributed by atoms with Crippen molar-refractivity contribution in [2.45, 2.75) is 109 Å². The van der Waals surface area contributed by atoms with Crippen molar-refractivity contribution >= 4 is 16.6 Å². The molecule has 1 aliphatic rings. The Morgan fingerprint density at radius 2 is 1.42 bits per heavy atom. The van der Waals surface area contributed by atoms with E-state index < -0.39 is 33.9 Å². The minimum Gasteiger partial charge on any atom is -0.493 e. The van der Waals surface area contributed by atoms with Gasteiger partial charge in [-0.25, -0.2) is 0 Å². The van der Waals surface area contributed by atoms with Crippen molar-refractivity contribution in [3.05, 3.63) is 12.3 Å². The minimum atomic E-state index is -2.07. The maximum atomic E-state index is 11.4. The van der Waals surface area contributed by atoms with E-state index in [0.29, 0.717) is 6.61 Å². The molecule has 1 heterocycles. The third-order valence-electron chi connectivity index (χ3n) is 6.94. The first-order chi connectivity index (χ1) is 11.3. The summed E-state index contributed by atoms with van der Waals surface area (Å²) in [5, 5.41) is 11.6. The summed E-state index contributed by atoms with van der Waals surface area (Å²) >= 11 is 0. The van der Waals surface area contributed by atoms with Crippen molar-refractivity contribution in [1.29, 1.82) is 0 Å². The number of ether oxygens (including phenoxy) is 1. The molecule has 0 aromatic heterocycles. The molecule has 0 bridgehead atoms. The summed E-state index contributed by atoms with van der Waals surface area (Å²) in [7, 11) is -3.99. The molecule has 26 heavy (non-hydrogen) atoms. The number of rotatable bonds is 5. The molecular weight excluding hydrogens is 360 g/mol. The van der Waals surface area contributed by atoms with E-state index in [9.17, 15) is 5.11 Å². The van der Waals surface area contributed by atoms with E-state index in [0.717, 1.165) is 0 Å². The topological polar surface area (TPSA) is 47.9 Å². The molecular formula is C20H42O4Si2. The molecule has 0 radical (unpaired) electrons. The van der Waals surface area contributed by atoms with Gasteiger partial charge in [0.2, 0.25) is 0 Å². The first-order valence-electron chi connectivity index (χ1n) is 9.66. The van der Waals surface area contributed by atoms with Gasteiger partial charge in [-0.3, -0.25) is 0 Å². The molecule has 0 amide bonds. The van der Waals surface area contributed by atoms with Gasteiger partial charge in [-0.05, 0) is 56.2 Å². The molecule has 1 aliphatic heterocycles. The van der Waals surface area contributed by atoms with Gasteiger partial charge in [0.05, 0.1) is 12.9 Å². The van der Waals surface area contributed by atoms with Crippen molar-refractivity contribution in [3.63, 3.8) is 0 Å². The van der Waals surface area contributed by atoms with E-state index >= 15 is 0 Å². The lowest BCUT2D eigenvalue weighted by Crippen LogP contribution is -2.65. The van der Waals surface area contributed by atoms with Crippen LogP contribution in [0.2, 0.25) is 36.3 Å². The highest BCUT2D eigenvalue weighted by atomic mass is 28.4. The van der Waals surface area contributed by atoms with Gasteiger partial charge in [0, 0.05) is 0 Å². The Morgan fingerprint density at radius 1 is 0.962 bits per heavy atom. The van der Waals surface area contributed by atoms with Gasteiger partial charge in [-0.2, -0.15) is 0 Å². The van der Waals surface area contributed by atoms with Gasteiger partial charge in [0.15, 0.2) is 22.7 Å². The molecule has 154 valence electrons. The van der Waals surface area contributed by atoms with Crippen LogP contribution < -0.4 is 0 Å². The van der Waals surface area contributed by atoms with Crippen molar-refractivity contribution in [2.75, 3.05) is 6.61 Å². The van der Waals surface area contributed by atoms with Crippen molar-refractivity contribution in [3.8, 4) is 0 Å². The predicted molar refractivity (Wildman–Crippen MR) is 114 cm³/mol. The summed E-state index contributed by atoms with van der Waals surface area (Å²) in [6.45, 7) is 26.2. The molecule has 0 fully saturated rings. The summed E-state index contributed by atoms with van der Waals surface area (Å²) in [4.78, 5) is 0. The number of aliphatic hydroxyl groups is 1. The van der Waals surface area contributed by atoms with E-state index in [-0.39, 0.29) is 10.1 Å². The van der Waals surface area contributed by atoms with E-state index in [1.54, 1.807) is 6.26 Å². The fraction of sp³-hybridized carbons (Fsp3) is 0.900. The van der Waals surface area contributed by atoms with Crippen LogP contribution in [-0.4, -0.2) is 45.7 Å². The summed E-state index contributed by atoms with van der Waals surface area (Å²) in [5.41, 5.74) is -1.99. The van der Waals surface area contributed by atoms with Crippen molar-refractivity contribution < 1.29 is 18.7 Å². The molecule has 0 saturated heterocycles. The van der Waals surface area contributed by atoms with E-state index in [1.165, 1.54) is 0 Å². The number of hydrogen-bond acceptors (Lipinski definition) is 4. The van der Waals surface area contributed by atoms with E-state index in [1.807, 2.05) is 19.9 Å². The van der Waals surface area contributed by atoms with Crippen LogP contribution in [0.5, 0.6) is 0 Å². The fourth-order valence-corrected chi connectivity index (χ4v) is 5.05. The lowest BCUT2D eigenvalue weighted by Gasteiger charge is -2.52. The molecule has 4 nitrogen and oxygen atoms in total. The first kappa shape index (κ1) is 23.9. The zero-order valence-corrected chi connectivity index (χ0v) is 21.1. The molecule has 1 N–H and O–H groups in total. The largest absolute Gasteiger partial charge is 0.493 e. The first-order valence-corrected chi connectivity index (χ1v) is 15.5. The van der Waals surface area contributed by atoms with Crippen LogP contribution in [0.25, 0.3) is 0 Å². The molecule has 0 aromatic carbocycles. The lowest BCUT2D eigenvalue weighted by atomic mass is 9.80. The highest BCUT2D eigenvalue weighted by Gasteiger charge is 2.56.